The number of alkyl carbamates (subject to hydrolysis) is 1. The van der Waals surface area contributed by atoms with Crippen LogP contribution in [0.5, 0.6) is 0 Å². The number of anilines is 1. The number of carbonyl (C=O) groups excluding carboxylic acids is 2. The van der Waals surface area contributed by atoms with Gasteiger partial charge in [-0.15, -0.1) is 5.10 Å². The van der Waals surface area contributed by atoms with Crippen LogP contribution in [-0.2, 0) is 27.3 Å². The van der Waals surface area contributed by atoms with Crippen molar-refractivity contribution in [3.05, 3.63) is 77.7 Å². The van der Waals surface area contributed by atoms with E-state index in [9.17, 15) is 9.59 Å². The quantitative estimate of drug-likeness (QED) is 0.445. The van der Waals surface area contributed by atoms with Gasteiger partial charge in [0, 0.05) is 6.42 Å². The number of nitrogens with zero attached hydrogens (tertiary/aromatic N) is 2. The molecule has 1 amide bonds. The van der Waals surface area contributed by atoms with Crippen molar-refractivity contribution in [2.45, 2.75) is 39.0 Å². The lowest BCUT2D eigenvalue weighted by Gasteiger charge is -2.18. The number of ether oxygens (including phenoxy) is 2. The molecule has 0 aliphatic rings. The molecule has 33 heavy (non-hydrogen) atoms. The summed E-state index contributed by atoms with van der Waals surface area (Å²) in [7, 11) is 1.32. The Bertz CT molecular complexity index is 1020. The number of benzene rings is 2. The van der Waals surface area contributed by atoms with E-state index in [1.807, 2.05) is 74.5 Å². The first-order valence-electron chi connectivity index (χ1n) is 10.6. The maximum absolute atomic E-state index is 12.5. The third-order valence-corrected chi connectivity index (χ3v) is 4.93. The van der Waals surface area contributed by atoms with Crippen molar-refractivity contribution in [1.29, 1.82) is 0 Å². The second kappa shape index (κ2) is 11.7. The lowest BCUT2D eigenvalue weighted by molar-refractivity contribution is -0.142. The summed E-state index contributed by atoms with van der Waals surface area (Å²) in [5.74, 6) is -0.322. The summed E-state index contributed by atoms with van der Waals surface area (Å²) >= 11 is 0. The summed E-state index contributed by atoms with van der Waals surface area (Å²) in [6.45, 7) is 3.87. The van der Waals surface area contributed by atoms with Crippen LogP contribution in [0.3, 0.4) is 0 Å². The van der Waals surface area contributed by atoms with E-state index >= 15 is 0 Å². The summed E-state index contributed by atoms with van der Waals surface area (Å²) in [5, 5.41) is 13.8. The predicted molar refractivity (Wildman–Crippen MR) is 121 cm³/mol. The molecular formula is C24H28N4O5. The fourth-order valence-electron chi connectivity index (χ4n) is 3.15. The molecule has 0 saturated carbocycles. The molecule has 174 valence electrons. The number of hydrogen-bond donors (Lipinski definition) is 2. The van der Waals surface area contributed by atoms with Crippen LogP contribution >= 0.6 is 0 Å². The van der Waals surface area contributed by atoms with Crippen LogP contribution in [0, 0.1) is 5.92 Å². The summed E-state index contributed by atoms with van der Waals surface area (Å²) in [5.41, 5.74) is 1.84. The molecule has 9 nitrogen and oxygen atoms in total. The molecule has 0 fully saturated rings. The molecule has 0 spiro atoms. The first-order valence-corrected chi connectivity index (χ1v) is 10.6. The number of carbonyl (C=O) groups is 2. The summed E-state index contributed by atoms with van der Waals surface area (Å²) in [6.07, 6.45) is -0.199. The highest BCUT2D eigenvalue weighted by Gasteiger charge is 2.27. The van der Waals surface area contributed by atoms with E-state index in [0.717, 1.165) is 11.1 Å². The zero-order valence-electron chi connectivity index (χ0n) is 18.9. The van der Waals surface area contributed by atoms with Gasteiger partial charge in [-0.2, -0.15) is 0 Å². The highest BCUT2D eigenvalue weighted by molar-refractivity contribution is 5.78. The van der Waals surface area contributed by atoms with Gasteiger partial charge in [0.25, 0.3) is 0 Å². The summed E-state index contributed by atoms with van der Waals surface area (Å²) in [6, 6.07) is 17.8. The molecule has 9 heteroatoms. The average Bonchev–Trinajstić information content (AvgIpc) is 3.30. The minimum atomic E-state index is -0.653. The zero-order valence-corrected chi connectivity index (χ0v) is 18.9. The molecular weight excluding hydrogens is 424 g/mol. The Balaban J connectivity index is 1.72. The van der Waals surface area contributed by atoms with Crippen molar-refractivity contribution < 1.29 is 23.5 Å². The van der Waals surface area contributed by atoms with Crippen LogP contribution in [0.25, 0.3) is 0 Å². The van der Waals surface area contributed by atoms with Gasteiger partial charge in [-0.25, -0.2) is 9.59 Å². The van der Waals surface area contributed by atoms with Gasteiger partial charge in [-0.3, -0.25) is 0 Å². The molecule has 0 aliphatic carbocycles. The second-order valence-electron chi connectivity index (χ2n) is 7.78. The maximum atomic E-state index is 12.5. The van der Waals surface area contributed by atoms with Crippen molar-refractivity contribution in [2.75, 3.05) is 12.4 Å². The zero-order chi connectivity index (χ0) is 23.6. The Hall–Kier alpha value is -3.88. The van der Waals surface area contributed by atoms with Crippen LogP contribution in [-0.4, -0.2) is 35.4 Å². The van der Waals surface area contributed by atoms with E-state index in [4.69, 9.17) is 13.9 Å². The predicted octanol–water partition coefficient (Wildman–Crippen LogP) is 3.89. The molecule has 0 radical (unpaired) electrons. The van der Waals surface area contributed by atoms with Gasteiger partial charge in [-0.1, -0.05) is 79.6 Å². The van der Waals surface area contributed by atoms with Gasteiger partial charge >= 0.3 is 18.1 Å². The van der Waals surface area contributed by atoms with E-state index in [-0.39, 0.29) is 24.4 Å². The number of amides is 1. The van der Waals surface area contributed by atoms with E-state index in [1.54, 1.807) is 0 Å². The normalized spacial score (nSPS) is 12.6. The fraction of sp³-hybridized carbons (Fsp3) is 0.333. The number of nitrogens with one attached hydrogen (secondary N) is 2. The smallest absolute Gasteiger partial charge is 0.408 e. The number of rotatable bonds is 10. The number of hydrogen-bond acceptors (Lipinski definition) is 8. The lowest BCUT2D eigenvalue weighted by Crippen LogP contribution is -2.35. The second-order valence-corrected chi connectivity index (χ2v) is 7.78. The number of esters is 1. The molecule has 0 unspecified atom stereocenters. The van der Waals surface area contributed by atoms with Gasteiger partial charge < -0.3 is 24.5 Å². The van der Waals surface area contributed by atoms with Crippen LogP contribution in [0.4, 0.5) is 10.8 Å². The molecule has 2 atom stereocenters. The minimum absolute atomic E-state index is 0.0617. The molecule has 1 aromatic heterocycles. The maximum Gasteiger partial charge on any atom is 0.408 e. The molecule has 0 aliphatic heterocycles. The van der Waals surface area contributed by atoms with Gasteiger partial charge in [-0.05, 0) is 17.0 Å². The van der Waals surface area contributed by atoms with Crippen LogP contribution in [0.2, 0.25) is 0 Å². The average molecular weight is 453 g/mol. The van der Waals surface area contributed by atoms with Gasteiger partial charge in [0.15, 0.2) is 0 Å². The summed E-state index contributed by atoms with van der Waals surface area (Å²) < 4.78 is 15.9. The Morgan fingerprint density at radius 2 is 1.61 bits per heavy atom. The van der Waals surface area contributed by atoms with Gasteiger partial charge in [0.1, 0.15) is 18.7 Å². The Kier molecular flexibility index (Phi) is 8.40. The van der Waals surface area contributed by atoms with E-state index in [2.05, 4.69) is 20.8 Å². The Labute approximate surface area is 192 Å². The number of aromatic nitrogens is 2. The highest BCUT2D eigenvalue weighted by Crippen LogP contribution is 2.21. The first kappa shape index (κ1) is 23.8. The minimum Gasteiger partial charge on any atom is -0.467 e. The molecule has 2 N–H and O–H groups in total. The topological polar surface area (TPSA) is 116 Å². The first-order chi connectivity index (χ1) is 16.0. The molecule has 3 rings (SSSR count). The molecule has 0 saturated heterocycles. The van der Waals surface area contributed by atoms with Crippen molar-refractivity contribution in [1.82, 2.24) is 15.5 Å². The van der Waals surface area contributed by atoms with Crippen LogP contribution in [0.15, 0.2) is 65.1 Å². The van der Waals surface area contributed by atoms with Gasteiger partial charge in [0.05, 0.1) is 7.11 Å². The highest BCUT2D eigenvalue weighted by atomic mass is 16.5. The van der Waals surface area contributed by atoms with Crippen molar-refractivity contribution >= 4 is 18.1 Å². The third kappa shape index (κ3) is 7.06. The monoisotopic (exact) mass is 452 g/mol. The molecule has 0 bridgehead atoms. The fourth-order valence-corrected chi connectivity index (χ4v) is 3.15. The molecule has 2 aromatic carbocycles. The van der Waals surface area contributed by atoms with Gasteiger partial charge in [0.2, 0.25) is 5.89 Å². The van der Waals surface area contributed by atoms with Crippen molar-refractivity contribution in [3.8, 4) is 0 Å². The molecule has 3 aromatic rings. The largest absolute Gasteiger partial charge is 0.467 e. The van der Waals surface area contributed by atoms with E-state index in [0.29, 0.717) is 6.42 Å². The van der Waals surface area contributed by atoms with Crippen LogP contribution in [0.1, 0.15) is 36.9 Å². The summed E-state index contributed by atoms with van der Waals surface area (Å²) in [4.78, 5) is 24.5. The SMILES string of the molecule is COC(=O)[C@@H](Nc1nnc([C@H](Cc2ccccc2)NC(=O)OCc2ccccc2)o1)C(C)C. The van der Waals surface area contributed by atoms with Crippen LogP contribution < -0.4 is 10.6 Å². The van der Waals surface area contributed by atoms with E-state index < -0.39 is 24.1 Å². The number of methoxy groups -OCH3 is 1. The van der Waals surface area contributed by atoms with Crippen molar-refractivity contribution in [3.63, 3.8) is 0 Å². The van der Waals surface area contributed by atoms with Crippen molar-refractivity contribution in [2.24, 2.45) is 5.92 Å². The molecule has 1 heterocycles. The third-order valence-electron chi connectivity index (χ3n) is 4.93. The Morgan fingerprint density at radius 3 is 2.21 bits per heavy atom. The Morgan fingerprint density at radius 1 is 0.970 bits per heavy atom. The van der Waals surface area contributed by atoms with E-state index in [1.165, 1.54) is 7.11 Å². The standard InChI is InChI=1S/C24H28N4O5/c1-16(2)20(22(29)31-3)26-23-28-27-21(33-23)19(14-17-10-6-4-7-11-17)25-24(30)32-15-18-12-8-5-9-13-18/h4-13,16,19-20H,14-15H2,1-3H3,(H,25,30)(H,26,28)/t19-,20-/m0/s1. The lowest BCUT2D eigenvalue weighted by atomic mass is 10.1.